The molecule has 0 unspecified atom stereocenters. The first-order valence-corrected chi connectivity index (χ1v) is 8.03. The Hall–Kier alpha value is -1.87. The van der Waals surface area contributed by atoms with E-state index in [0.29, 0.717) is 5.92 Å². The summed E-state index contributed by atoms with van der Waals surface area (Å²) in [4.78, 5) is 4.43. The highest BCUT2D eigenvalue weighted by molar-refractivity contribution is 5.88. The van der Waals surface area contributed by atoms with Crippen molar-refractivity contribution < 1.29 is 9.47 Å². The standard InChI is InChI=1S/C19H21NO2/c1-21-16-4-5-18-17(12-16)15(8-11-20-18)3-2-14-6-9-19(10-7-14)13-22-19/h2-5,8,11-12,14H,6-7,9-10,13H2,1H3/b3-2+. The molecule has 1 aliphatic heterocycles. The van der Waals surface area contributed by atoms with Gasteiger partial charge in [0.1, 0.15) is 5.75 Å². The number of fused-ring (bicyclic) bond motifs is 1. The summed E-state index contributed by atoms with van der Waals surface area (Å²) in [6.07, 6.45) is 11.4. The first-order valence-electron chi connectivity index (χ1n) is 8.03. The van der Waals surface area contributed by atoms with E-state index < -0.39 is 0 Å². The van der Waals surface area contributed by atoms with Crippen molar-refractivity contribution >= 4 is 17.0 Å². The first-order chi connectivity index (χ1) is 10.8. The molecule has 0 N–H and O–H groups in total. The predicted molar refractivity (Wildman–Crippen MR) is 88.0 cm³/mol. The molecule has 1 aromatic carbocycles. The Kier molecular flexibility index (Phi) is 3.38. The van der Waals surface area contributed by atoms with Gasteiger partial charge in [0.2, 0.25) is 0 Å². The van der Waals surface area contributed by atoms with Crippen LogP contribution in [0.2, 0.25) is 0 Å². The molecule has 1 aromatic heterocycles. The predicted octanol–water partition coefficient (Wildman–Crippen LogP) is 4.22. The minimum absolute atomic E-state index is 0.279. The maximum Gasteiger partial charge on any atom is 0.119 e. The van der Waals surface area contributed by atoms with E-state index in [0.717, 1.165) is 23.3 Å². The molecular weight excluding hydrogens is 274 g/mol. The Morgan fingerprint density at radius 1 is 1.27 bits per heavy atom. The molecule has 0 radical (unpaired) electrons. The van der Waals surface area contributed by atoms with Crippen LogP contribution in [0.1, 0.15) is 31.2 Å². The molecule has 2 aromatic rings. The van der Waals surface area contributed by atoms with Gasteiger partial charge < -0.3 is 9.47 Å². The molecule has 4 rings (SSSR count). The summed E-state index contributed by atoms with van der Waals surface area (Å²) in [5.74, 6) is 1.55. The summed E-state index contributed by atoms with van der Waals surface area (Å²) in [6.45, 7) is 0.984. The fraction of sp³-hybridized carbons (Fsp3) is 0.421. The van der Waals surface area contributed by atoms with Gasteiger partial charge in [-0.25, -0.2) is 0 Å². The van der Waals surface area contributed by atoms with E-state index in [-0.39, 0.29) is 5.60 Å². The van der Waals surface area contributed by atoms with Crippen LogP contribution in [0.4, 0.5) is 0 Å². The van der Waals surface area contributed by atoms with Crippen molar-refractivity contribution in [2.75, 3.05) is 13.7 Å². The Balaban J connectivity index is 1.56. The lowest BCUT2D eigenvalue weighted by Crippen LogP contribution is -2.20. The largest absolute Gasteiger partial charge is 0.497 e. The molecule has 114 valence electrons. The smallest absolute Gasteiger partial charge is 0.119 e. The molecule has 0 amide bonds. The highest BCUT2D eigenvalue weighted by Gasteiger charge is 2.46. The number of aromatic nitrogens is 1. The molecule has 1 saturated carbocycles. The number of hydrogen-bond donors (Lipinski definition) is 0. The maximum atomic E-state index is 5.58. The number of methoxy groups -OCH3 is 1. The van der Waals surface area contributed by atoms with E-state index in [4.69, 9.17) is 9.47 Å². The van der Waals surface area contributed by atoms with E-state index in [1.54, 1.807) is 7.11 Å². The van der Waals surface area contributed by atoms with Crippen molar-refractivity contribution in [3.63, 3.8) is 0 Å². The van der Waals surface area contributed by atoms with Gasteiger partial charge in [-0.3, -0.25) is 4.98 Å². The number of ether oxygens (including phenoxy) is 2. The number of rotatable bonds is 3. The molecule has 3 heteroatoms. The zero-order chi connectivity index (χ0) is 15.0. The van der Waals surface area contributed by atoms with Crippen LogP contribution in [0.25, 0.3) is 17.0 Å². The van der Waals surface area contributed by atoms with Crippen molar-refractivity contribution in [3.8, 4) is 5.75 Å². The monoisotopic (exact) mass is 295 g/mol. The second-order valence-electron chi connectivity index (χ2n) is 6.45. The number of benzene rings is 1. The fourth-order valence-electron chi connectivity index (χ4n) is 3.41. The Morgan fingerprint density at radius 3 is 2.82 bits per heavy atom. The quantitative estimate of drug-likeness (QED) is 0.795. The molecule has 2 fully saturated rings. The number of pyridine rings is 1. The van der Waals surface area contributed by atoms with Crippen LogP contribution in [0, 0.1) is 5.92 Å². The zero-order valence-electron chi connectivity index (χ0n) is 12.9. The van der Waals surface area contributed by atoms with Crippen LogP contribution in [-0.4, -0.2) is 24.3 Å². The lowest BCUT2D eigenvalue weighted by molar-refractivity contribution is 0.216. The number of hydrogen-bond acceptors (Lipinski definition) is 3. The summed E-state index contributed by atoms with van der Waals surface area (Å²) >= 11 is 0. The molecular formula is C19H21NO2. The molecule has 1 saturated heterocycles. The van der Waals surface area contributed by atoms with E-state index in [2.05, 4.69) is 29.3 Å². The van der Waals surface area contributed by atoms with Gasteiger partial charge in [-0.15, -0.1) is 0 Å². The minimum atomic E-state index is 0.279. The number of allylic oxidation sites excluding steroid dienone is 1. The summed E-state index contributed by atoms with van der Waals surface area (Å²) < 4.78 is 10.9. The van der Waals surface area contributed by atoms with Gasteiger partial charge in [-0.1, -0.05) is 12.2 Å². The summed E-state index contributed by atoms with van der Waals surface area (Å²) in [7, 11) is 1.70. The highest BCUT2D eigenvalue weighted by Crippen LogP contribution is 2.44. The molecule has 1 aliphatic carbocycles. The highest BCUT2D eigenvalue weighted by atomic mass is 16.6. The minimum Gasteiger partial charge on any atom is -0.497 e. The van der Waals surface area contributed by atoms with E-state index in [9.17, 15) is 0 Å². The third-order valence-electron chi connectivity index (χ3n) is 5.02. The average Bonchev–Trinajstić information content (AvgIpc) is 3.33. The van der Waals surface area contributed by atoms with Crippen LogP contribution in [0.5, 0.6) is 5.75 Å². The SMILES string of the molecule is COc1ccc2nccc(/C=C/C3CCC4(CC3)CO4)c2c1. The number of epoxide rings is 1. The first kappa shape index (κ1) is 13.8. The van der Waals surface area contributed by atoms with Gasteiger partial charge in [-0.05, 0) is 61.4 Å². The van der Waals surface area contributed by atoms with Gasteiger partial charge in [0.25, 0.3) is 0 Å². The molecule has 0 atom stereocenters. The third kappa shape index (κ3) is 2.61. The molecule has 3 nitrogen and oxygen atoms in total. The third-order valence-corrected chi connectivity index (χ3v) is 5.02. The topological polar surface area (TPSA) is 34.6 Å². The second kappa shape index (κ2) is 5.40. The van der Waals surface area contributed by atoms with Crippen LogP contribution in [0.3, 0.4) is 0 Å². The average molecular weight is 295 g/mol. The molecule has 1 spiro atoms. The molecule has 22 heavy (non-hydrogen) atoms. The molecule has 2 heterocycles. The van der Waals surface area contributed by atoms with Gasteiger partial charge in [0.05, 0.1) is 24.8 Å². The van der Waals surface area contributed by atoms with Gasteiger partial charge in [0.15, 0.2) is 0 Å². The van der Waals surface area contributed by atoms with Crippen molar-refractivity contribution in [2.45, 2.75) is 31.3 Å². The van der Waals surface area contributed by atoms with Crippen molar-refractivity contribution in [1.29, 1.82) is 0 Å². The van der Waals surface area contributed by atoms with Crippen LogP contribution < -0.4 is 4.74 Å². The Bertz CT molecular complexity index is 708. The number of nitrogens with zero attached hydrogens (tertiary/aromatic N) is 1. The van der Waals surface area contributed by atoms with Gasteiger partial charge >= 0.3 is 0 Å². The Labute approximate surface area is 131 Å². The van der Waals surface area contributed by atoms with Crippen LogP contribution >= 0.6 is 0 Å². The van der Waals surface area contributed by atoms with E-state index in [1.807, 2.05) is 18.3 Å². The summed E-state index contributed by atoms with van der Waals surface area (Å²) in [5, 5.41) is 1.15. The Morgan fingerprint density at radius 2 is 2.09 bits per heavy atom. The van der Waals surface area contributed by atoms with Gasteiger partial charge in [0, 0.05) is 11.6 Å². The zero-order valence-corrected chi connectivity index (χ0v) is 12.9. The van der Waals surface area contributed by atoms with E-state index in [1.165, 1.54) is 31.2 Å². The maximum absolute atomic E-state index is 5.58. The second-order valence-corrected chi connectivity index (χ2v) is 6.45. The normalized spacial score (nSPS) is 27.6. The van der Waals surface area contributed by atoms with Crippen molar-refractivity contribution in [2.24, 2.45) is 5.92 Å². The summed E-state index contributed by atoms with van der Waals surface area (Å²) in [5.41, 5.74) is 2.50. The van der Waals surface area contributed by atoms with E-state index >= 15 is 0 Å². The van der Waals surface area contributed by atoms with Gasteiger partial charge in [-0.2, -0.15) is 0 Å². The lowest BCUT2D eigenvalue weighted by Gasteiger charge is -2.23. The van der Waals surface area contributed by atoms with Crippen molar-refractivity contribution in [1.82, 2.24) is 4.98 Å². The fourth-order valence-corrected chi connectivity index (χ4v) is 3.41. The van der Waals surface area contributed by atoms with Crippen molar-refractivity contribution in [3.05, 3.63) is 42.1 Å². The molecule has 0 bridgehead atoms. The van der Waals surface area contributed by atoms with Crippen LogP contribution in [0.15, 0.2) is 36.5 Å². The van der Waals surface area contributed by atoms with Crippen LogP contribution in [-0.2, 0) is 4.74 Å². The molecule has 2 aliphatic rings. The summed E-state index contributed by atoms with van der Waals surface area (Å²) in [6, 6.07) is 8.11. The lowest BCUT2D eigenvalue weighted by atomic mass is 9.82.